The number of aromatic carboxylic acids is 1. The van der Waals surface area contributed by atoms with E-state index < -0.39 is 5.97 Å². The van der Waals surface area contributed by atoms with Crippen molar-refractivity contribution in [2.45, 2.75) is 12.8 Å². The molecule has 1 fully saturated rings. The van der Waals surface area contributed by atoms with Crippen LogP contribution in [0.25, 0.3) is 12.2 Å². The molecule has 0 saturated heterocycles. The molecule has 124 valence electrons. The molecule has 5 heteroatoms. The maximum atomic E-state index is 12.9. The van der Waals surface area contributed by atoms with Gasteiger partial charge in [0.2, 0.25) is 0 Å². The van der Waals surface area contributed by atoms with Crippen LogP contribution < -0.4 is 4.74 Å². The second-order valence-electron chi connectivity index (χ2n) is 5.85. The molecule has 2 N–H and O–H groups in total. The van der Waals surface area contributed by atoms with E-state index in [0.29, 0.717) is 23.8 Å². The summed E-state index contributed by atoms with van der Waals surface area (Å²) in [6, 6.07) is 8.72. The van der Waals surface area contributed by atoms with Crippen LogP contribution in [0.3, 0.4) is 0 Å². The van der Waals surface area contributed by atoms with Gasteiger partial charge in [-0.1, -0.05) is 24.3 Å². The van der Waals surface area contributed by atoms with Crippen molar-refractivity contribution in [1.29, 1.82) is 0 Å². The number of hydrogen-bond donors (Lipinski definition) is 2. The minimum atomic E-state index is -1.22. The number of ether oxygens (including phenoxy) is 1. The fourth-order valence-corrected chi connectivity index (χ4v) is 2.33. The second kappa shape index (κ2) is 6.74. The Morgan fingerprint density at radius 1 is 1.21 bits per heavy atom. The molecule has 0 bridgehead atoms. The van der Waals surface area contributed by atoms with E-state index in [9.17, 15) is 19.4 Å². The highest BCUT2D eigenvalue weighted by Gasteiger charge is 2.23. The lowest BCUT2D eigenvalue weighted by molar-refractivity contribution is 0.0693. The molecule has 1 saturated carbocycles. The Labute approximate surface area is 138 Å². The van der Waals surface area contributed by atoms with Gasteiger partial charge in [0.15, 0.2) is 0 Å². The molecular weight excluding hydrogens is 311 g/mol. The summed E-state index contributed by atoms with van der Waals surface area (Å²) in [5.41, 5.74) is 0.862. The van der Waals surface area contributed by atoms with E-state index in [1.54, 1.807) is 30.4 Å². The van der Waals surface area contributed by atoms with E-state index in [0.717, 1.165) is 18.4 Å². The van der Waals surface area contributed by atoms with E-state index in [4.69, 9.17) is 4.74 Å². The molecule has 0 heterocycles. The summed E-state index contributed by atoms with van der Waals surface area (Å²) in [5, 5.41) is 19.3. The molecule has 0 aromatic heterocycles. The SMILES string of the molecule is O=C(O)c1c(O)cc(OCC2CC2)cc1C=Cc1ccc(F)cc1. The molecule has 2 aromatic rings. The molecule has 0 spiro atoms. The van der Waals surface area contributed by atoms with Gasteiger partial charge in [-0.2, -0.15) is 0 Å². The molecule has 0 radical (unpaired) electrons. The van der Waals surface area contributed by atoms with E-state index >= 15 is 0 Å². The zero-order valence-corrected chi connectivity index (χ0v) is 12.9. The summed E-state index contributed by atoms with van der Waals surface area (Å²) in [6.45, 7) is 0.562. The molecule has 1 aliphatic rings. The van der Waals surface area contributed by atoms with Gasteiger partial charge in [0.25, 0.3) is 0 Å². The quantitative estimate of drug-likeness (QED) is 0.780. The molecule has 0 atom stereocenters. The third kappa shape index (κ3) is 3.93. The number of carboxylic acid groups (broad SMARTS) is 1. The molecule has 3 rings (SSSR count). The summed E-state index contributed by atoms with van der Waals surface area (Å²) in [5.74, 6) is -0.922. The van der Waals surface area contributed by atoms with Crippen LogP contribution >= 0.6 is 0 Å². The Hall–Kier alpha value is -2.82. The number of carbonyl (C=O) groups is 1. The lowest BCUT2D eigenvalue weighted by atomic mass is 10.0. The van der Waals surface area contributed by atoms with Crippen molar-refractivity contribution in [2.24, 2.45) is 5.92 Å². The summed E-state index contributed by atoms with van der Waals surface area (Å²) in [6.07, 6.45) is 5.50. The number of carboxylic acids is 1. The summed E-state index contributed by atoms with van der Waals surface area (Å²) in [7, 11) is 0. The predicted molar refractivity (Wildman–Crippen MR) is 88.6 cm³/mol. The fraction of sp³-hybridized carbons (Fsp3) is 0.211. The van der Waals surface area contributed by atoms with Crippen molar-refractivity contribution in [3.63, 3.8) is 0 Å². The predicted octanol–water partition coefficient (Wildman–Crippen LogP) is 4.19. The van der Waals surface area contributed by atoms with Crippen molar-refractivity contribution in [3.8, 4) is 11.5 Å². The molecule has 0 unspecified atom stereocenters. The van der Waals surface area contributed by atoms with Crippen LogP contribution in [0.2, 0.25) is 0 Å². The molecule has 24 heavy (non-hydrogen) atoms. The number of rotatable bonds is 6. The average Bonchev–Trinajstić information content (AvgIpc) is 3.36. The van der Waals surface area contributed by atoms with Gasteiger partial charge in [-0.05, 0) is 48.1 Å². The van der Waals surface area contributed by atoms with Gasteiger partial charge >= 0.3 is 5.97 Å². The lowest BCUT2D eigenvalue weighted by Crippen LogP contribution is -2.03. The van der Waals surface area contributed by atoms with E-state index in [2.05, 4.69) is 0 Å². The van der Waals surface area contributed by atoms with Crippen molar-refractivity contribution < 1.29 is 24.1 Å². The van der Waals surface area contributed by atoms with Crippen LogP contribution in [0.5, 0.6) is 11.5 Å². The Balaban J connectivity index is 1.89. The number of hydrogen-bond acceptors (Lipinski definition) is 3. The minimum absolute atomic E-state index is 0.188. The number of phenols is 1. The Morgan fingerprint density at radius 3 is 2.54 bits per heavy atom. The first-order valence-electron chi connectivity index (χ1n) is 7.69. The molecule has 4 nitrogen and oxygen atoms in total. The van der Waals surface area contributed by atoms with Gasteiger partial charge < -0.3 is 14.9 Å². The molecular formula is C19H17FO4. The van der Waals surface area contributed by atoms with Crippen molar-refractivity contribution in [3.05, 3.63) is 58.9 Å². The van der Waals surface area contributed by atoms with Crippen LogP contribution in [0, 0.1) is 11.7 Å². The minimum Gasteiger partial charge on any atom is -0.507 e. The maximum absolute atomic E-state index is 12.9. The van der Waals surface area contributed by atoms with Crippen molar-refractivity contribution in [1.82, 2.24) is 0 Å². The first-order valence-corrected chi connectivity index (χ1v) is 7.69. The number of halogens is 1. The van der Waals surface area contributed by atoms with Gasteiger partial charge in [-0.3, -0.25) is 0 Å². The first kappa shape index (κ1) is 16.1. The molecule has 2 aromatic carbocycles. The average molecular weight is 328 g/mol. The lowest BCUT2D eigenvalue weighted by Gasteiger charge is -2.10. The zero-order chi connectivity index (χ0) is 17.1. The van der Waals surface area contributed by atoms with Gasteiger partial charge in [-0.25, -0.2) is 9.18 Å². The third-order valence-corrected chi connectivity index (χ3v) is 3.84. The van der Waals surface area contributed by atoms with Crippen molar-refractivity contribution in [2.75, 3.05) is 6.61 Å². The standard InChI is InChI=1S/C19H17FO4/c20-15-7-4-12(5-8-15)3-6-14-9-16(24-11-13-1-2-13)10-17(21)18(14)19(22)23/h3-10,13,21H,1-2,11H2,(H,22,23). The highest BCUT2D eigenvalue weighted by molar-refractivity contribution is 5.96. The monoisotopic (exact) mass is 328 g/mol. The summed E-state index contributed by atoms with van der Waals surface area (Å²) in [4.78, 5) is 11.4. The maximum Gasteiger partial charge on any atom is 0.340 e. The largest absolute Gasteiger partial charge is 0.507 e. The smallest absolute Gasteiger partial charge is 0.340 e. The Morgan fingerprint density at radius 2 is 1.92 bits per heavy atom. The Bertz CT molecular complexity index is 777. The van der Waals surface area contributed by atoms with Gasteiger partial charge in [-0.15, -0.1) is 0 Å². The topological polar surface area (TPSA) is 66.8 Å². The van der Waals surface area contributed by atoms with Crippen LogP contribution in [-0.4, -0.2) is 22.8 Å². The van der Waals surface area contributed by atoms with E-state index in [1.807, 2.05) is 0 Å². The van der Waals surface area contributed by atoms with Crippen LogP contribution in [-0.2, 0) is 0 Å². The highest BCUT2D eigenvalue weighted by Crippen LogP contribution is 2.33. The van der Waals surface area contributed by atoms with Gasteiger partial charge in [0.1, 0.15) is 22.9 Å². The molecule has 0 amide bonds. The Kier molecular flexibility index (Phi) is 4.51. The highest BCUT2D eigenvalue weighted by atomic mass is 19.1. The molecule has 1 aliphatic carbocycles. The molecule has 0 aliphatic heterocycles. The van der Waals surface area contributed by atoms with Crippen LogP contribution in [0.4, 0.5) is 4.39 Å². The van der Waals surface area contributed by atoms with Crippen LogP contribution in [0.1, 0.15) is 34.3 Å². The summed E-state index contributed by atoms with van der Waals surface area (Å²) >= 11 is 0. The summed E-state index contributed by atoms with van der Waals surface area (Å²) < 4.78 is 18.5. The third-order valence-electron chi connectivity index (χ3n) is 3.84. The van der Waals surface area contributed by atoms with Gasteiger partial charge in [0, 0.05) is 6.07 Å². The van der Waals surface area contributed by atoms with E-state index in [-0.39, 0.29) is 17.1 Å². The second-order valence-corrected chi connectivity index (χ2v) is 5.85. The normalized spacial score (nSPS) is 14.0. The zero-order valence-electron chi connectivity index (χ0n) is 12.9. The fourth-order valence-electron chi connectivity index (χ4n) is 2.33. The number of aromatic hydroxyl groups is 1. The first-order chi connectivity index (χ1) is 11.5. The van der Waals surface area contributed by atoms with Crippen molar-refractivity contribution >= 4 is 18.1 Å². The number of benzene rings is 2. The van der Waals surface area contributed by atoms with Gasteiger partial charge in [0.05, 0.1) is 6.61 Å². The van der Waals surface area contributed by atoms with E-state index in [1.165, 1.54) is 18.2 Å². The van der Waals surface area contributed by atoms with Crippen LogP contribution in [0.15, 0.2) is 36.4 Å².